The highest BCUT2D eigenvalue weighted by Crippen LogP contribution is 2.09. The SMILES string of the molecule is C=C(CCCCCCC#N)C(=O)O. The van der Waals surface area contributed by atoms with Crippen LogP contribution in [0.25, 0.3) is 0 Å². The van der Waals surface area contributed by atoms with Crippen molar-refractivity contribution >= 4 is 5.97 Å². The normalized spacial score (nSPS) is 9.15. The van der Waals surface area contributed by atoms with Crippen LogP contribution in [0.15, 0.2) is 12.2 Å². The van der Waals surface area contributed by atoms with E-state index in [1.54, 1.807) is 0 Å². The van der Waals surface area contributed by atoms with Gasteiger partial charge in [-0.1, -0.05) is 19.4 Å². The summed E-state index contributed by atoms with van der Waals surface area (Å²) in [7, 11) is 0. The molecule has 0 unspecified atom stereocenters. The predicted molar refractivity (Wildman–Crippen MR) is 50.1 cm³/mol. The standard InChI is InChI=1S/C10H15NO2/c1-9(10(12)13)7-5-3-2-4-6-8-11/h1-7H2,(H,12,13). The third kappa shape index (κ3) is 7.07. The van der Waals surface area contributed by atoms with Gasteiger partial charge in [0.05, 0.1) is 6.07 Å². The van der Waals surface area contributed by atoms with Crippen LogP contribution in [0.2, 0.25) is 0 Å². The third-order valence-electron chi connectivity index (χ3n) is 1.82. The first kappa shape index (κ1) is 11.7. The molecule has 0 rings (SSSR count). The fraction of sp³-hybridized carbons (Fsp3) is 0.600. The van der Waals surface area contributed by atoms with E-state index in [1.165, 1.54) is 0 Å². The van der Waals surface area contributed by atoms with Gasteiger partial charge in [0.2, 0.25) is 0 Å². The lowest BCUT2D eigenvalue weighted by atomic mass is 10.1. The van der Waals surface area contributed by atoms with Crippen molar-refractivity contribution in [3.8, 4) is 6.07 Å². The van der Waals surface area contributed by atoms with E-state index >= 15 is 0 Å². The molecular formula is C10H15NO2. The van der Waals surface area contributed by atoms with Crippen molar-refractivity contribution in [3.63, 3.8) is 0 Å². The number of hydrogen-bond donors (Lipinski definition) is 1. The number of carbonyl (C=O) groups is 1. The Morgan fingerprint density at radius 1 is 1.31 bits per heavy atom. The van der Waals surface area contributed by atoms with E-state index in [9.17, 15) is 4.79 Å². The molecule has 3 heteroatoms. The van der Waals surface area contributed by atoms with E-state index in [4.69, 9.17) is 10.4 Å². The molecule has 0 aromatic carbocycles. The van der Waals surface area contributed by atoms with Crippen molar-refractivity contribution in [2.24, 2.45) is 0 Å². The van der Waals surface area contributed by atoms with Crippen molar-refractivity contribution in [2.75, 3.05) is 0 Å². The Kier molecular flexibility index (Phi) is 6.62. The second kappa shape index (κ2) is 7.35. The van der Waals surface area contributed by atoms with Gasteiger partial charge in [0, 0.05) is 12.0 Å². The maximum atomic E-state index is 10.3. The Morgan fingerprint density at radius 2 is 1.92 bits per heavy atom. The van der Waals surface area contributed by atoms with Gasteiger partial charge in [-0.05, 0) is 19.3 Å². The summed E-state index contributed by atoms with van der Waals surface area (Å²) in [5, 5.41) is 16.7. The first-order valence-electron chi connectivity index (χ1n) is 4.46. The van der Waals surface area contributed by atoms with Gasteiger partial charge in [0.1, 0.15) is 0 Å². The zero-order valence-electron chi connectivity index (χ0n) is 7.75. The second-order valence-corrected chi connectivity index (χ2v) is 2.98. The van der Waals surface area contributed by atoms with Gasteiger partial charge in [-0.2, -0.15) is 5.26 Å². The number of rotatable bonds is 7. The van der Waals surface area contributed by atoms with Crippen LogP contribution >= 0.6 is 0 Å². The molecule has 0 amide bonds. The molecule has 13 heavy (non-hydrogen) atoms. The van der Waals surface area contributed by atoms with Crippen LogP contribution in [0, 0.1) is 11.3 Å². The minimum Gasteiger partial charge on any atom is -0.478 e. The molecule has 0 aliphatic heterocycles. The first-order chi connectivity index (χ1) is 6.18. The summed E-state index contributed by atoms with van der Waals surface area (Å²) in [5.74, 6) is -0.906. The number of nitrogens with zero attached hydrogens (tertiary/aromatic N) is 1. The summed E-state index contributed by atoms with van der Waals surface area (Å²) in [5.41, 5.74) is 0.278. The molecule has 0 aliphatic carbocycles. The lowest BCUT2D eigenvalue weighted by Crippen LogP contribution is -1.98. The largest absolute Gasteiger partial charge is 0.478 e. The molecule has 0 fully saturated rings. The Labute approximate surface area is 78.7 Å². The molecule has 0 radical (unpaired) electrons. The van der Waals surface area contributed by atoms with Crippen LogP contribution in [-0.4, -0.2) is 11.1 Å². The molecule has 0 aromatic heterocycles. The van der Waals surface area contributed by atoms with Crippen LogP contribution < -0.4 is 0 Å². The number of hydrogen-bond acceptors (Lipinski definition) is 2. The second-order valence-electron chi connectivity index (χ2n) is 2.98. The molecular weight excluding hydrogens is 166 g/mol. The zero-order chi connectivity index (χ0) is 10.1. The smallest absolute Gasteiger partial charge is 0.330 e. The first-order valence-corrected chi connectivity index (χ1v) is 4.46. The van der Waals surface area contributed by atoms with Crippen LogP contribution in [0.5, 0.6) is 0 Å². The van der Waals surface area contributed by atoms with Crippen molar-refractivity contribution in [1.29, 1.82) is 5.26 Å². The maximum Gasteiger partial charge on any atom is 0.330 e. The molecule has 0 aliphatic rings. The highest BCUT2D eigenvalue weighted by molar-refractivity contribution is 5.85. The van der Waals surface area contributed by atoms with E-state index in [2.05, 4.69) is 12.6 Å². The Balaban J connectivity index is 3.22. The molecule has 72 valence electrons. The van der Waals surface area contributed by atoms with Crippen molar-refractivity contribution in [1.82, 2.24) is 0 Å². The van der Waals surface area contributed by atoms with Gasteiger partial charge < -0.3 is 5.11 Å². The summed E-state index contributed by atoms with van der Waals surface area (Å²) in [4.78, 5) is 10.3. The number of carboxylic acid groups (broad SMARTS) is 1. The minimum atomic E-state index is -0.906. The molecule has 0 saturated heterocycles. The molecule has 0 atom stereocenters. The molecule has 3 nitrogen and oxygen atoms in total. The van der Waals surface area contributed by atoms with Crippen LogP contribution in [0.4, 0.5) is 0 Å². The molecule has 0 aromatic rings. The number of nitriles is 1. The van der Waals surface area contributed by atoms with Crippen LogP contribution in [0.1, 0.15) is 38.5 Å². The third-order valence-corrected chi connectivity index (χ3v) is 1.82. The topological polar surface area (TPSA) is 61.1 Å². The van der Waals surface area contributed by atoms with E-state index in [0.29, 0.717) is 12.8 Å². The molecule has 0 spiro atoms. The molecule has 0 saturated carbocycles. The monoisotopic (exact) mass is 181 g/mol. The Bertz CT molecular complexity index is 215. The Hall–Kier alpha value is -1.30. The van der Waals surface area contributed by atoms with E-state index < -0.39 is 5.97 Å². The number of unbranched alkanes of at least 4 members (excludes halogenated alkanes) is 4. The van der Waals surface area contributed by atoms with E-state index in [1.807, 2.05) is 0 Å². The summed E-state index contributed by atoms with van der Waals surface area (Å²) < 4.78 is 0. The van der Waals surface area contributed by atoms with Crippen LogP contribution in [0.3, 0.4) is 0 Å². The highest BCUT2D eigenvalue weighted by Gasteiger charge is 2.02. The van der Waals surface area contributed by atoms with E-state index in [-0.39, 0.29) is 5.57 Å². The molecule has 1 N–H and O–H groups in total. The summed E-state index contributed by atoms with van der Waals surface area (Å²) >= 11 is 0. The van der Waals surface area contributed by atoms with E-state index in [0.717, 1.165) is 25.7 Å². The molecule has 0 heterocycles. The van der Waals surface area contributed by atoms with Crippen molar-refractivity contribution < 1.29 is 9.90 Å². The van der Waals surface area contributed by atoms with Gasteiger partial charge in [0.25, 0.3) is 0 Å². The van der Waals surface area contributed by atoms with Crippen molar-refractivity contribution in [2.45, 2.75) is 38.5 Å². The Morgan fingerprint density at radius 3 is 2.46 bits per heavy atom. The zero-order valence-corrected chi connectivity index (χ0v) is 7.75. The minimum absolute atomic E-state index is 0.278. The summed E-state index contributed by atoms with van der Waals surface area (Å²) in [6.45, 7) is 3.44. The van der Waals surface area contributed by atoms with Gasteiger partial charge in [-0.25, -0.2) is 4.79 Å². The van der Waals surface area contributed by atoms with Gasteiger partial charge in [-0.15, -0.1) is 0 Å². The highest BCUT2D eigenvalue weighted by atomic mass is 16.4. The molecule has 0 bridgehead atoms. The quantitative estimate of drug-likeness (QED) is 0.485. The average molecular weight is 181 g/mol. The van der Waals surface area contributed by atoms with Gasteiger partial charge in [-0.3, -0.25) is 0 Å². The summed E-state index contributed by atoms with van der Waals surface area (Å²) in [6.07, 6.45) is 4.91. The summed E-state index contributed by atoms with van der Waals surface area (Å²) in [6, 6.07) is 2.07. The lowest BCUT2D eigenvalue weighted by molar-refractivity contribution is -0.132. The number of aliphatic carboxylic acids is 1. The number of carboxylic acids is 1. The van der Waals surface area contributed by atoms with Gasteiger partial charge in [0.15, 0.2) is 0 Å². The fourth-order valence-corrected chi connectivity index (χ4v) is 1.00. The average Bonchev–Trinajstić information content (AvgIpc) is 2.10. The lowest BCUT2D eigenvalue weighted by Gasteiger charge is -1.99. The predicted octanol–water partition coefficient (Wildman–Crippen LogP) is 2.49. The van der Waals surface area contributed by atoms with Crippen molar-refractivity contribution in [3.05, 3.63) is 12.2 Å². The van der Waals surface area contributed by atoms with Crippen LogP contribution in [-0.2, 0) is 4.79 Å². The maximum absolute atomic E-state index is 10.3. The van der Waals surface area contributed by atoms with Gasteiger partial charge >= 0.3 is 5.97 Å². The fourth-order valence-electron chi connectivity index (χ4n) is 1.00.